The van der Waals surface area contributed by atoms with Gasteiger partial charge < -0.3 is 9.63 Å². The van der Waals surface area contributed by atoms with Crippen molar-refractivity contribution in [2.24, 2.45) is 11.3 Å². The van der Waals surface area contributed by atoms with Crippen molar-refractivity contribution >= 4 is 5.97 Å². The molecule has 0 radical (unpaired) electrons. The Kier molecular flexibility index (Phi) is 2.47. The molecule has 5 nitrogen and oxygen atoms in total. The molecule has 1 aromatic heterocycles. The number of hydrogen-bond donors (Lipinski definition) is 1. The van der Waals surface area contributed by atoms with E-state index in [-0.39, 0.29) is 17.3 Å². The van der Waals surface area contributed by atoms with E-state index in [2.05, 4.69) is 24.0 Å². The summed E-state index contributed by atoms with van der Waals surface area (Å²) in [5.41, 5.74) is 0.267. The molecule has 2 saturated carbocycles. The van der Waals surface area contributed by atoms with E-state index < -0.39 is 5.97 Å². The van der Waals surface area contributed by atoms with Crippen LogP contribution in [0.3, 0.4) is 0 Å². The first kappa shape index (κ1) is 11.7. The van der Waals surface area contributed by atoms with Gasteiger partial charge in [0.15, 0.2) is 5.82 Å². The van der Waals surface area contributed by atoms with Crippen LogP contribution in [0.15, 0.2) is 4.52 Å². The molecule has 3 atom stereocenters. The third kappa shape index (κ3) is 1.82. The van der Waals surface area contributed by atoms with E-state index >= 15 is 0 Å². The summed E-state index contributed by atoms with van der Waals surface area (Å²) in [6.07, 6.45) is 3.56. The molecule has 0 saturated heterocycles. The van der Waals surface area contributed by atoms with Crippen molar-refractivity contribution in [3.63, 3.8) is 0 Å². The van der Waals surface area contributed by atoms with Crippen molar-refractivity contribution in [1.29, 1.82) is 0 Å². The predicted molar refractivity (Wildman–Crippen MR) is 63.2 cm³/mol. The molecule has 0 aromatic carbocycles. The Hall–Kier alpha value is -1.39. The maximum Gasteiger partial charge on any atom is 0.307 e. The smallest absolute Gasteiger partial charge is 0.307 e. The van der Waals surface area contributed by atoms with Crippen molar-refractivity contribution in [3.05, 3.63) is 11.7 Å². The molecular weight excluding hydrogens is 232 g/mol. The largest absolute Gasteiger partial charge is 0.481 e. The highest BCUT2D eigenvalue weighted by atomic mass is 16.5. The van der Waals surface area contributed by atoms with Crippen molar-refractivity contribution < 1.29 is 14.4 Å². The van der Waals surface area contributed by atoms with E-state index in [1.54, 1.807) is 0 Å². The van der Waals surface area contributed by atoms with Crippen LogP contribution >= 0.6 is 0 Å². The average molecular weight is 250 g/mol. The van der Waals surface area contributed by atoms with E-state index in [1.165, 1.54) is 0 Å². The van der Waals surface area contributed by atoms with Gasteiger partial charge in [-0.05, 0) is 24.7 Å². The Bertz CT molecular complexity index is 480. The summed E-state index contributed by atoms with van der Waals surface area (Å²) in [6, 6.07) is 0. The van der Waals surface area contributed by atoms with Gasteiger partial charge in [0.25, 0.3) is 0 Å². The van der Waals surface area contributed by atoms with Gasteiger partial charge in [-0.3, -0.25) is 4.79 Å². The lowest BCUT2D eigenvalue weighted by Crippen LogP contribution is -2.17. The molecule has 3 rings (SSSR count). The topological polar surface area (TPSA) is 76.2 Å². The summed E-state index contributed by atoms with van der Waals surface area (Å²) in [5.74, 6) is 0.462. The lowest BCUT2D eigenvalue weighted by molar-refractivity contribution is -0.142. The number of nitrogens with zero attached hydrogens (tertiary/aromatic N) is 2. The molecule has 1 heterocycles. The van der Waals surface area contributed by atoms with E-state index in [4.69, 9.17) is 9.63 Å². The fraction of sp³-hybridized carbons (Fsp3) is 0.769. The number of carboxylic acid groups (broad SMARTS) is 1. The van der Waals surface area contributed by atoms with Crippen LogP contribution in [0.1, 0.15) is 63.1 Å². The monoisotopic (exact) mass is 250 g/mol. The SMILES string of the molecule is CC1(C)CC1c1noc(C2CCCC2C(=O)O)n1. The highest BCUT2D eigenvalue weighted by Gasteiger charge is 2.50. The van der Waals surface area contributed by atoms with Gasteiger partial charge in [-0.15, -0.1) is 0 Å². The zero-order valence-corrected chi connectivity index (χ0v) is 10.7. The third-order valence-electron chi connectivity index (χ3n) is 4.43. The number of aliphatic carboxylic acids is 1. The van der Waals surface area contributed by atoms with Gasteiger partial charge in [0.05, 0.1) is 11.8 Å². The number of aromatic nitrogens is 2. The molecule has 0 spiro atoms. The van der Waals surface area contributed by atoms with Crippen LogP contribution in [0.25, 0.3) is 0 Å². The van der Waals surface area contributed by atoms with Gasteiger partial charge in [-0.25, -0.2) is 0 Å². The Morgan fingerprint density at radius 2 is 2.17 bits per heavy atom. The number of hydrogen-bond acceptors (Lipinski definition) is 4. The summed E-state index contributed by atoms with van der Waals surface area (Å²) >= 11 is 0. The highest BCUT2D eigenvalue weighted by Crippen LogP contribution is 2.57. The second-order valence-corrected chi connectivity index (χ2v) is 6.22. The Morgan fingerprint density at radius 1 is 1.44 bits per heavy atom. The van der Waals surface area contributed by atoms with Crippen molar-refractivity contribution in [3.8, 4) is 0 Å². The van der Waals surface area contributed by atoms with E-state index in [9.17, 15) is 4.79 Å². The highest BCUT2D eigenvalue weighted by molar-refractivity contribution is 5.71. The van der Waals surface area contributed by atoms with Crippen LogP contribution in [-0.4, -0.2) is 21.2 Å². The molecule has 3 unspecified atom stereocenters. The molecule has 5 heteroatoms. The molecule has 1 N–H and O–H groups in total. The normalized spacial score (nSPS) is 33.6. The van der Waals surface area contributed by atoms with Gasteiger partial charge >= 0.3 is 5.97 Å². The van der Waals surface area contributed by atoms with E-state index in [0.29, 0.717) is 18.2 Å². The molecule has 1 aromatic rings. The average Bonchev–Trinajstić information content (AvgIpc) is 2.81. The summed E-state index contributed by atoms with van der Waals surface area (Å²) in [5, 5.41) is 13.2. The van der Waals surface area contributed by atoms with Gasteiger partial charge in [-0.2, -0.15) is 4.98 Å². The lowest BCUT2D eigenvalue weighted by atomic mass is 9.96. The minimum absolute atomic E-state index is 0.0920. The Morgan fingerprint density at radius 3 is 2.78 bits per heavy atom. The molecule has 0 amide bonds. The van der Waals surface area contributed by atoms with Crippen LogP contribution in [0.4, 0.5) is 0 Å². The zero-order valence-electron chi connectivity index (χ0n) is 10.7. The van der Waals surface area contributed by atoms with Crippen molar-refractivity contribution in [2.45, 2.75) is 51.4 Å². The predicted octanol–water partition coefficient (Wildman–Crippen LogP) is 2.55. The number of carboxylic acids is 1. The number of rotatable bonds is 3. The van der Waals surface area contributed by atoms with E-state index in [1.807, 2.05) is 0 Å². The minimum Gasteiger partial charge on any atom is -0.481 e. The summed E-state index contributed by atoms with van der Waals surface area (Å²) in [7, 11) is 0. The minimum atomic E-state index is -0.746. The van der Waals surface area contributed by atoms with Crippen molar-refractivity contribution in [2.75, 3.05) is 0 Å². The fourth-order valence-corrected chi connectivity index (χ4v) is 3.00. The molecule has 18 heavy (non-hydrogen) atoms. The molecule has 2 fully saturated rings. The van der Waals surface area contributed by atoms with E-state index in [0.717, 1.165) is 25.1 Å². The van der Waals surface area contributed by atoms with Gasteiger partial charge in [0.1, 0.15) is 0 Å². The summed E-state index contributed by atoms with van der Waals surface area (Å²) in [6.45, 7) is 4.37. The fourth-order valence-electron chi connectivity index (χ4n) is 3.00. The molecular formula is C13H18N2O3. The first-order chi connectivity index (χ1) is 8.49. The zero-order chi connectivity index (χ0) is 12.9. The van der Waals surface area contributed by atoms with Crippen molar-refractivity contribution in [1.82, 2.24) is 10.1 Å². The molecule has 98 valence electrons. The molecule has 0 bridgehead atoms. The summed E-state index contributed by atoms with van der Waals surface area (Å²) < 4.78 is 5.30. The Balaban J connectivity index is 1.79. The van der Waals surface area contributed by atoms with Gasteiger partial charge in [-0.1, -0.05) is 25.4 Å². The first-order valence-electron chi connectivity index (χ1n) is 6.55. The second-order valence-electron chi connectivity index (χ2n) is 6.22. The van der Waals surface area contributed by atoms with Crippen LogP contribution in [-0.2, 0) is 4.79 Å². The Labute approximate surface area is 106 Å². The lowest BCUT2D eigenvalue weighted by Gasteiger charge is -2.10. The molecule has 0 aliphatic heterocycles. The maximum absolute atomic E-state index is 11.2. The molecule has 2 aliphatic carbocycles. The van der Waals surface area contributed by atoms with Crippen LogP contribution < -0.4 is 0 Å². The number of carbonyl (C=O) groups is 1. The van der Waals surface area contributed by atoms with Crippen LogP contribution in [0.5, 0.6) is 0 Å². The quantitative estimate of drug-likeness (QED) is 0.892. The standard InChI is InChI=1S/C13H18N2O3/c1-13(2)6-9(13)10-14-11(18-15-10)7-4-3-5-8(7)12(16)17/h7-9H,3-6H2,1-2H3,(H,16,17). The van der Waals surface area contributed by atoms with Crippen LogP contribution in [0.2, 0.25) is 0 Å². The van der Waals surface area contributed by atoms with Gasteiger partial charge in [0.2, 0.25) is 5.89 Å². The maximum atomic E-state index is 11.2. The third-order valence-corrected chi connectivity index (χ3v) is 4.43. The van der Waals surface area contributed by atoms with Crippen LogP contribution in [0, 0.1) is 11.3 Å². The van der Waals surface area contributed by atoms with Gasteiger partial charge in [0, 0.05) is 5.92 Å². The second kappa shape index (κ2) is 3.80. The molecule has 2 aliphatic rings. The first-order valence-corrected chi connectivity index (χ1v) is 6.55. The summed E-state index contributed by atoms with van der Waals surface area (Å²) in [4.78, 5) is 15.6.